The highest BCUT2D eigenvalue weighted by atomic mass is 19.1. The zero-order chi connectivity index (χ0) is 22.3. The molecule has 1 aromatic heterocycles. The summed E-state index contributed by atoms with van der Waals surface area (Å²) in [7, 11) is 0. The number of aromatic nitrogens is 3. The highest BCUT2D eigenvalue weighted by molar-refractivity contribution is 6.01. The van der Waals surface area contributed by atoms with Crippen LogP contribution < -0.4 is 10.1 Å². The quantitative estimate of drug-likeness (QED) is 0.415. The van der Waals surface area contributed by atoms with Gasteiger partial charge in [0.15, 0.2) is 5.82 Å². The molecule has 0 atom stereocenters. The standard InChI is InChI=1S/C25H21FN4O2/c1-2-32-25-28-24(19-9-6-10-20(26)17-19)30(29-25)22-14-12-21(13-15-22)27-23(31)16-11-18-7-4-3-5-8-18/h3-17H,2H2,1H3,(H,27,31). The molecule has 0 saturated carbocycles. The summed E-state index contributed by atoms with van der Waals surface area (Å²) in [4.78, 5) is 16.6. The van der Waals surface area contributed by atoms with E-state index in [2.05, 4.69) is 15.4 Å². The second-order valence-electron chi connectivity index (χ2n) is 6.85. The lowest BCUT2D eigenvalue weighted by atomic mass is 10.2. The number of halogens is 1. The SMILES string of the molecule is CCOc1nc(-c2cccc(F)c2)n(-c2ccc(NC(=O)C=Cc3ccccc3)cc2)n1. The Morgan fingerprint density at radius 1 is 1.06 bits per heavy atom. The monoisotopic (exact) mass is 428 g/mol. The predicted octanol–water partition coefficient (Wildman–Crippen LogP) is 5.12. The highest BCUT2D eigenvalue weighted by Crippen LogP contribution is 2.25. The van der Waals surface area contributed by atoms with E-state index in [1.54, 1.807) is 47.2 Å². The summed E-state index contributed by atoms with van der Waals surface area (Å²) in [5.41, 5.74) is 2.85. The summed E-state index contributed by atoms with van der Waals surface area (Å²) in [6.45, 7) is 2.25. The zero-order valence-electron chi connectivity index (χ0n) is 17.4. The van der Waals surface area contributed by atoms with Gasteiger partial charge in [-0.25, -0.2) is 9.07 Å². The van der Waals surface area contributed by atoms with Crippen LogP contribution in [0.4, 0.5) is 10.1 Å². The van der Waals surface area contributed by atoms with Crippen molar-refractivity contribution >= 4 is 17.7 Å². The number of nitrogens with one attached hydrogen (secondary N) is 1. The van der Waals surface area contributed by atoms with Crippen LogP contribution in [-0.4, -0.2) is 27.3 Å². The largest absolute Gasteiger partial charge is 0.463 e. The number of carbonyl (C=O) groups is 1. The molecule has 0 bridgehead atoms. The summed E-state index contributed by atoms with van der Waals surface area (Å²) in [5, 5.41) is 7.22. The van der Waals surface area contributed by atoms with Gasteiger partial charge in [-0.15, -0.1) is 5.10 Å². The molecule has 4 rings (SSSR count). The van der Waals surface area contributed by atoms with Gasteiger partial charge in [-0.05, 0) is 55.0 Å². The Morgan fingerprint density at radius 3 is 2.56 bits per heavy atom. The average molecular weight is 428 g/mol. The highest BCUT2D eigenvalue weighted by Gasteiger charge is 2.15. The van der Waals surface area contributed by atoms with E-state index in [4.69, 9.17) is 4.74 Å². The molecule has 0 radical (unpaired) electrons. The Balaban J connectivity index is 1.55. The summed E-state index contributed by atoms with van der Waals surface area (Å²) in [5.74, 6) is -0.145. The molecule has 160 valence electrons. The van der Waals surface area contributed by atoms with Crippen LogP contribution in [0.2, 0.25) is 0 Å². The van der Waals surface area contributed by atoms with Crippen molar-refractivity contribution in [3.05, 3.63) is 96.3 Å². The molecule has 32 heavy (non-hydrogen) atoms. The maximum Gasteiger partial charge on any atom is 0.336 e. The van der Waals surface area contributed by atoms with Gasteiger partial charge in [-0.2, -0.15) is 4.98 Å². The molecule has 1 heterocycles. The Bertz CT molecular complexity index is 1230. The summed E-state index contributed by atoms with van der Waals surface area (Å²) in [6.07, 6.45) is 3.23. The van der Waals surface area contributed by atoms with E-state index >= 15 is 0 Å². The van der Waals surface area contributed by atoms with Crippen molar-refractivity contribution in [2.24, 2.45) is 0 Å². The van der Waals surface area contributed by atoms with Crippen LogP contribution in [0.3, 0.4) is 0 Å². The van der Waals surface area contributed by atoms with E-state index in [0.29, 0.717) is 29.4 Å². The van der Waals surface area contributed by atoms with Gasteiger partial charge in [-0.3, -0.25) is 4.79 Å². The van der Waals surface area contributed by atoms with E-state index in [1.165, 1.54) is 18.2 Å². The zero-order valence-corrected chi connectivity index (χ0v) is 17.4. The fraction of sp³-hybridized carbons (Fsp3) is 0.0800. The fourth-order valence-corrected chi connectivity index (χ4v) is 3.08. The first-order valence-corrected chi connectivity index (χ1v) is 10.1. The molecule has 4 aromatic rings. The van der Waals surface area contributed by atoms with Crippen LogP contribution in [0.15, 0.2) is 84.9 Å². The number of benzene rings is 3. The average Bonchev–Trinajstić information content (AvgIpc) is 3.23. The molecule has 0 spiro atoms. The number of hydrogen-bond acceptors (Lipinski definition) is 4. The topological polar surface area (TPSA) is 69.0 Å². The van der Waals surface area contributed by atoms with E-state index < -0.39 is 0 Å². The second kappa shape index (κ2) is 9.70. The Morgan fingerprint density at radius 2 is 1.84 bits per heavy atom. The van der Waals surface area contributed by atoms with Crippen LogP contribution in [0.1, 0.15) is 12.5 Å². The van der Waals surface area contributed by atoms with Gasteiger partial charge in [0.25, 0.3) is 0 Å². The van der Waals surface area contributed by atoms with Gasteiger partial charge in [-0.1, -0.05) is 42.5 Å². The molecule has 0 fully saturated rings. The lowest BCUT2D eigenvalue weighted by Gasteiger charge is -2.08. The number of amides is 1. The van der Waals surface area contributed by atoms with Gasteiger partial charge < -0.3 is 10.1 Å². The smallest absolute Gasteiger partial charge is 0.336 e. The maximum atomic E-state index is 13.8. The van der Waals surface area contributed by atoms with Gasteiger partial charge >= 0.3 is 6.01 Å². The number of rotatable bonds is 7. The lowest BCUT2D eigenvalue weighted by Crippen LogP contribution is -2.08. The van der Waals surface area contributed by atoms with Crippen LogP contribution >= 0.6 is 0 Å². The molecule has 0 aliphatic rings. The molecule has 0 saturated heterocycles. The third kappa shape index (κ3) is 5.07. The minimum atomic E-state index is -0.364. The minimum Gasteiger partial charge on any atom is -0.463 e. The van der Waals surface area contributed by atoms with E-state index in [1.807, 2.05) is 37.3 Å². The van der Waals surface area contributed by atoms with Gasteiger partial charge in [0.1, 0.15) is 5.82 Å². The summed E-state index contributed by atoms with van der Waals surface area (Å²) in [6, 6.07) is 23.0. The minimum absolute atomic E-state index is 0.204. The Labute approximate surface area is 185 Å². The molecule has 3 aromatic carbocycles. The molecule has 6 nitrogen and oxygen atoms in total. The van der Waals surface area contributed by atoms with Crippen molar-refractivity contribution in [3.8, 4) is 23.1 Å². The van der Waals surface area contributed by atoms with Crippen LogP contribution in [0.5, 0.6) is 6.01 Å². The lowest BCUT2D eigenvalue weighted by molar-refractivity contribution is -0.111. The summed E-state index contributed by atoms with van der Waals surface area (Å²) < 4.78 is 20.8. The molecule has 7 heteroatoms. The Hall–Kier alpha value is -4.26. The molecule has 0 aliphatic heterocycles. The van der Waals surface area contributed by atoms with Crippen molar-refractivity contribution in [2.45, 2.75) is 6.92 Å². The van der Waals surface area contributed by atoms with Gasteiger partial charge in [0.05, 0.1) is 12.3 Å². The third-order valence-corrected chi connectivity index (χ3v) is 4.55. The first kappa shape index (κ1) is 21.0. The van der Waals surface area contributed by atoms with Gasteiger partial charge in [0, 0.05) is 17.3 Å². The second-order valence-corrected chi connectivity index (χ2v) is 6.85. The van der Waals surface area contributed by atoms with Crippen molar-refractivity contribution in [3.63, 3.8) is 0 Å². The van der Waals surface area contributed by atoms with Gasteiger partial charge in [0.2, 0.25) is 5.91 Å². The fourth-order valence-electron chi connectivity index (χ4n) is 3.08. The van der Waals surface area contributed by atoms with Crippen LogP contribution in [0, 0.1) is 5.82 Å². The number of anilines is 1. The van der Waals surface area contributed by atoms with Crippen molar-refractivity contribution in [2.75, 3.05) is 11.9 Å². The van der Waals surface area contributed by atoms with E-state index in [9.17, 15) is 9.18 Å². The number of ether oxygens (including phenoxy) is 1. The van der Waals surface area contributed by atoms with Crippen molar-refractivity contribution in [1.82, 2.24) is 14.8 Å². The molecule has 0 unspecified atom stereocenters. The van der Waals surface area contributed by atoms with Crippen LogP contribution in [0.25, 0.3) is 23.2 Å². The molecule has 1 amide bonds. The van der Waals surface area contributed by atoms with Crippen LogP contribution in [-0.2, 0) is 4.79 Å². The first-order chi connectivity index (χ1) is 15.6. The normalized spacial score (nSPS) is 10.9. The number of carbonyl (C=O) groups excluding carboxylic acids is 1. The molecular weight excluding hydrogens is 407 g/mol. The molecular formula is C25H21FN4O2. The number of hydrogen-bond donors (Lipinski definition) is 1. The van der Waals surface area contributed by atoms with Crippen molar-refractivity contribution < 1.29 is 13.9 Å². The summed E-state index contributed by atoms with van der Waals surface area (Å²) >= 11 is 0. The molecule has 0 aliphatic carbocycles. The third-order valence-electron chi connectivity index (χ3n) is 4.55. The Kier molecular flexibility index (Phi) is 6.36. The van der Waals surface area contributed by atoms with E-state index in [0.717, 1.165) is 5.56 Å². The first-order valence-electron chi connectivity index (χ1n) is 10.1. The van der Waals surface area contributed by atoms with E-state index in [-0.39, 0.29) is 17.7 Å². The number of nitrogens with zero attached hydrogens (tertiary/aromatic N) is 3. The molecule has 1 N–H and O–H groups in total. The van der Waals surface area contributed by atoms with Crippen molar-refractivity contribution in [1.29, 1.82) is 0 Å². The maximum absolute atomic E-state index is 13.8. The predicted molar refractivity (Wildman–Crippen MR) is 122 cm³/mol.